The molecule has 39 heavy (non-hydrogen) atoms. The van der Waals surface area contributed by atoms with Crippen LogP contribution in [-0.2, 0) is 9.59 Å². The summed E-state index contributed by atoms with van der Waals surface area (Å²) >= 11 is 0. The summed E-state index contributed by atoms with van der Waals surface area (Å²) in [5.41, 5.74) is 0.823. The number of hydrogen-bond acceptors (Lipinski definition) is 6. The van der Waals surface area contributed by atoms with E-state index in [2.05, 4.69) is 10.3 Å². The molecule has 0 saturated carbocycles. The minimum atomic E-state index is -1.13. The molecule has 1 atom stereocenters. The molecule has 5 rings (SSSR count). The van der Waals surface area contributed by atoms with Gasteiger partial charge in [-0.3, -0.25) is 24.7 Å². The van der Waals surface area contributed by atoms with Crippen molar-refractivity contribution < 1.29 is 33.1 Å². The molecule has 3 fully saturated rings. The van der Waals surface area contributed by atoms with Crippen LogP contribution in [0.4, 0.5) is 29.9 Å². The van der Waals surface area contributed by atoms with Gasteiger partial charge in [0, 0.05) is 57.1 Å². The van der Waals surface area contributed by atoms with Crippen LogP contribution >= 0.6 is 0 Å². The highest BCUT2D eigenvalue weighted by Crippen LogP contribution is 2.34. The fraction of sp³-hybridized carbons (Fsp3) is 0.423. The van der Waals surface area contributed by atoms with Crippen LogP contribution < -0.4 is 15.1 Å². The molecule has 5 amide bonds. The molecule has 13 heteroatoms. The molecule has 4 heterocycles. The molecule has 0 spiro atoms. The molecule has 0 bridgehead atoms. The van der Waals surface area contributed by atoms with Crippen molar-refractivity contribution in [1.29, 1.82) is 0 Å². The summed E-state index contributed by atoms with van der Waals surface area (Å²) in [5.74, 6) is -3.59. The molecule has 11 nitrogen and oxygen atoms in total. The molecule has 3 aliphatic rings. The normalized spacial score (nSPS) is 19.7. The van der Waals surface area contributed by atoms with Gasteiger partial charge in [-0.05, 0) is 37.1 Å². The number of halogens is 2. The first kappa shape index (κ1) is 26.3. The summed E-state index contributed by atoms with van der Waals surface area (Å²) in [6, 6.07) is 4.73. The second-order valence-corrected chi connectivity index (χ2v) is 10.2. The van der Waals surface area contributed by atoms with E-state index in [0.29, 0.717) is 5.82 Å². The number of rotatable bonds is 5. The summed E-state index contributed by atoms with van der Waals surface area (Å²) < 4.78 is 29.8. The van der Waals surface area contributed by atoms with Crippen molar-refractivity contribution in [2.24, 2.45) is 0 Å². The minimum Gasteiger partial charge on any atom is -0.465 e. The monoisotopic (exact) mass is 542 g/mol. The molecule has 1 unspecified atom stereocenters. The Morgan fingerprint density at radius 3 is 2.28 bits per heavy atom. The number of imide groups is 1. The molecule has 0 aliphatic carbocycles. The third kappa shape index (κ3) is 4.95. The number of urea groups is 1. The van der Waals surface area contributed by atoms with Gasteiger partial charge in [0.2, 0.25) is 11.8 Å². The van der Waals surface area contributed by atoms with Crippen LogP contribution in [0, 0.1) is 18.6 Å². The number of anilines is 2. The first-order valence-corrected chi connectivity index (χ1v) is 12.6. The van der Waals surface area contributed by atoms with E-state index in [1.54, 1.807) is 24.2 Å². The van der Waals surface area contributed by atoms with Crippen LogP contribution in [0.5, 0.6) is 0 Å². The van der Waals surface area contributed by atoms with E-state index in [-0.39, 0.29) is 56.3 Å². The van der Waals surface area contributed by atoms with Gasteiger partial charge in [0.15, 0.2) is 0 Å². The fourth-order valence-electron chi connectivity index (χ4n) is 5.26. The number of aromatic nitrogens is 1. The van der Waals surface area contributed by atoms with Crippen molar-refractivity contribution in [3.8, 4) is 0 Å². The van der Waals surface area contributed by atoms with Crippen molar-refractivity contribution in [2.75, 3.05) is 43.0 Å². The number of aryl methyl sites for hydroxylation is 1. The lowest BCUT2D eigenvalue weighted by atomic mass is 9.89. The van der Waals surface area contributed by atoms with Crippen LogP contribution in [0.25, 0.3) is 0 Å². The van der Waals surface area contributed by atoms with Gasteiger partial charge in [-0.1, -0.05) is 6.07 Å². The summed E-state index contributed by atoms with van der Waals surface area (Å²) in [4.78, 5) is 58.5. The maximum atomic E-state index is 14.9. The van der Waals surface area contributed by atoms with Crippen LogP contribution in [-0.4, -0.2) is 89.1 Å². The topological polar surface area (TPSA) is 126 Å². The number of carbonyl (C=O) groups is 4. The Kier molecular flexibility index (Phi) is 6.83. The Morgan fingerprint density at radius 1 is 1.08 bits per heavy atom. The predicted octanol–water partition coefficient (Wildman–Crippen LogP) is 2.30. The third-order valence-electron chi connectivity index (χ3n) is 7.55. The largest absolute Gasteiger partial charge is 0.465 e. The number of nitrogens with one attached hydrogen (secondary N) is 1. The Balaban J connectivity index is 1.19. The quantitative estimate of drug-likeness (QED) is 0.556. The predicted molar refractivity (Wildman–Crippen MR) is 135 cm³/mol. The Bertz CT molecular complexity index is 1300. The average Bonchev–Trinajstić information content (AvgIpc) is 2.82. The lowest BCUT2D eigenvalue weighted by Crippen LogP contribution is -2.71. The standard InChI is InChI=1S/C26H28F2N6O5/c1-14-3-5-21(29-9-14)31(2)25(37)33-12-17(13-33)34(26(38)39)16-10-32(11-16)15-7-19(27)23(20(28)8-15)18-4-6-22(35)30-24(18)36/h3,5,7-9,16-18H,4,6,10-13H2,1-2H3,(H,38,39)(H,30,35,36). The zero-order valence-electron chi connectivity index (χ0n) is 21.4. The van der Waals surface area contributed by atoms with E-state index in [1.807, 2.05) is 13.0 Å². The Morgan fingerprint density at radius 2 is 1.72 bits per heavy atom. The lowest BCUT2D eigenvalue weighted by molar-refractivity contribution is -0.134. The zero-order valence-corrected chi connectivity index (χ0v) is 21.4. The number of carboxylic acid groups (broad SMARTS) is 1. The molecule has 2 aromatic rings. The number of amides is 5. The van der Waals surface area contributed by atoms with Crippen molar-refractivity contribution in [3.63, 3.8) is 0 Å². The van der Waals surface area contributed by atoms with Crippen LogP contribution in [0.2, 0.25) is 0 Å². The summed E-state index contributed by atoms with van der Waals surface area (Å²) in [6.45, 7) is 2.79. The third-order valence-corrected chi connectivity index (χ3v) is 7.55. The molecule has 2 N–H and O–H groups in total. The number of likely N-dealkylation sites (tertiary alicyclic amines) is 1. The molecular formula is C26H28F2N6O5. The number of carbonyl (C=O) groups excluding carboxylic acids is 3. The number of benzene rings is 1. The average molecular weight is 543 g/mol. The van der Waals surface area contributed by atoms with Crippen LogP contribution in [0.3, 0.4) is 0 Å². The minimum absolute atomic E-state index is 0.000806. The van der Waals surface area contributed by atoms with Crippen LogP contribution in [0.15, 0.2) is 30.5 Å². The van der Waals surface area contributed by atoms with Gasteiger partial charge in [-0.15, -0.1) is 0 Å². The van der Waals surface area contributed by atoms with E-state index in [0.717, 1.165) is 17.7 Å². The maximum absolute atomic E-state index is 14.9. The molecule has 3 saturated heterocycles. The van der Waals surface area contributed by atoms with Gasteiger partial charge in [0.25, 0.3) is 0 Å². The van der Waals surface area contributed by atoms with Gasteiger partial charge in [-0.2, -0.15) is 0 Å². The zero-order chi connectivity index (χ0) is 28.0. The highest BCUT2D eigenvalue weighted by molar-refractivity contribution is 6.01. The second kappa shape index (κ2) is 10.1. The lowest BCUT2D eigenvalue weighted by Gasteiger charge is -2.52. The van der Waals surface area contributed by atoms with Gasteiger partial charge in [0.1, 0.15) is 17.5 Å². The van der Waals surface area contributed by atoms with E-state index >= 15 is 0 Å². The van der Waals surface area contributed by atoms with Gasteiger partial charge < -0.3 is 14.9 Å². The van der Waals surface area contributed by atoms with Crippen molar-refractivity contribution >= 4 is 35.4 Å². The van der Waals surface area contributed by atoms with E-state index in [9.17, 15) is 33.1 Å². The van der Waals surface area contributed by atoms with E-state index < -0.39 is 47.5 Å². The molecular weight excluding hydrogens is 514 g/mol. The SMILES string of the molecule is Cc1ccc(N(C)C(=O)N2CC(N(C(=O)O)C3CN(c4cc(F)c(C5CCC(=O)NC5=O)c(F)c4)C3)C2)nc1. The number of hydrogen-bond donors (Lipinski definition) is 2. The number of nitrogens with zero attached hydrogens (tertiary/aromatic N) is 5. The van der Waals surface area contributed by atoms with Crippen LogP contribution in [0.1, 0.15) is 29.9 Å². The Hall–Kier alpha value is -4.29. The highest BCUT2D eigenvalue weighted by Gasteiger charge is 2.45. The first-order valence-electron chi connectivity index (χ1n) is 12.6. The fourth-order valence-corrected chi connectivity index (χ4v) is 5.26. The number of pyridine rings is 1. The molecule has 1 aromatic carbocycles. The van der Waals surface area contributed by atoms with Crippen molar-refractivity contribution in [2.45, 2.75) is 37.8 Å². The van der Waals surface area contributed by atoms with Crippen molar-refractivity contribution in [3.05, 3.63) is 53.2 Å². The van der Waals surface area contributed by atoms with Gasteiger partial charge in [0.05, 0.1) is 18.0 Å². The maximum Gasteiger partial charge on any atom is 0.408 e. The second-order valence-electron chi connectivity index (χ2n) is 10.2. The Labute approximate surface area is 223 Å². The smallest absolute Gasteiger partial charge is 0.408 e. The molecule has 206 valence electrons. The van der Waals surface area contributed by atoms with E-state index in [1.165, 1.54) is 14.7 Å². The molecule has 0 radical (unpaired) electrons. The summed E-state index contributed by atoms with van der Waals surface area (Å²) in [5, 5.41) is 12.0. The van der Waals surface area contributed by atoms with Crippen molar-refractivity contribution in [1.82, 2.24) is 20.1 Å². The van der Waals surface area contributed by atoms with E-state index in [4.69, 9.17) is 0 Å². The van der Waals surface area contributed by atoms with Gasteiger partial charge in [-0.25, -0.2) is 23.4 Å². The molecule has 1 aromatic heterocycles. The number of piperidine rings is 1. The highest BCUT2D eigenvalue weighted by atomic mass is 19.1. The summed E-state index contributed by atoms with van der Waals surface area (Å²) in [7, 11) is 1.61. The summed E-state index contributed by atoms with van der Waals surface area (Å²) in [6.07, 6.45) is 0.553. The van der Waals surface area contributed by atoms with Gasteiger partial charge >= 0.3 is 12.1 Å². The first-order chi connectivity index (χ1) is 18.5. The molecule has 3 aliphatic heterocycles.